The lowest BCUT2D eigenvalue weighted by atomic mass is 10.1. The average Bonchev–Trinajstić information content (AvgIpc) is 2.99. The number of aromatic nitrogens is 2. The van der Waals surface area contributed by atoms with E-state index in [0.717, 1.165) is 12.0 Å². The molecule has 0 saturated heterocycles. The number of nitrogens with one attached hydrogen (secondary N) is 2. The number of carbonyl (C=O) groups is 2. The molecule has 4 N–H and O–H groups in total. The van der Waals surface area contributed by atoms with Crippen molar-refractivity contribution in [2.24, 2.45) is 0 Å². The molecule has 0 radical (unpaired) electrons. The molecule has 0 fully saturated rings. The molecule has 0 spiro atoms. The van der Waals surface area contributed by atoms with Crippen molar-refractivity contribution in [2.75, 3.05) is 0 Å². The number of phenolic OH excluding ortho intramolecular Hbond substituents is 1. The van der Waals surface area contributed by atoms with Gasteiger partial charge < -0.3 is 20.5 Å². The normalized spacial score (nSPS) is 11.9. The fraction of sp³-hybridized carbons (Fsp3) is 0.267. The molecule has 7 nitrogen and oxygen atoms in total. The Morgan fingerprint density at radius 1 is 1.41 bits per heavy atom. The summed E-state index contributed by atoms with van der Waals surface area (Å²) >= 11 is 0. The van der Waals surface area contributed by atoms with E-state index in [0.29, 0.717) is 5.69 Å². The Labute approximate surface area is 127 Å². The Balaban J connectivity index is 2.12. The molecule has 0 saturated carbocycles. The molecule has 1 amide bonds. The van der Waals surface area contributed by atoms with Crippen molar-refractivity contribution in [3.05, 3.63) is 47.5 Å². The number of H-pyrrole nitrogens is 1. The van der Waals surface area contributed by atoms with E-state index in [1.807, 2.05) is 6.92 Å². The van der Waals surface area contributed by atoms with Crippen molar-refractivity contribution >= 4 is 11.9 Å². The van der Waals surface area contributed by atoms with Crippen LogP contribution in [0.4, 0.5) is 0 Å². The largest absolute Gasteiger partial charge is 0.507 e. The van der Waals surface area contributed by atoms with Crippen LogP contribution in [0.2, 0.25) is 0 Å². The zero-order chi connectivity index (χ0) is 16.1. The van der Waals surface area contributed by atoms with Gasteiger partial charge in [-0.2, -0.15) is 0 Å². The fourth-order valence-electron chi connectivity index (χ4n) is 2.04. The SMILES string of the molecule is CCc1ccc(C(=O)N[C@H](Cc2cnc[nH]2)C(=O)O)c(O)c1. The molecule has 0 aliphatic rings. The summed E-state index contributed by atoms with van der Waals surface area (Å²) in [5.74, 6) is -1.96. The van der Waals surface area contributed by atoms with Gasteiger partial charge in [0.25, 0.3) is 5.91 Å². The number of aliphatic carboxylic acids is 1. The van der Waals surface area contributed by atoms with Crippen LogP contribution in [0.1, 0.15) is 28.5 Å². The number of hydrogen-bond donors (Lipinski definition) is 4. The van der Waals surface area contributed by atoms with Crippen LogP contribution in [0, 0.1) is 0 Å². The van der Waals surface area contributed by atoms with Gasteiger partial charge in [0.1, 0.15) is 11.8 Å². The molecule has 116 valence electrons. The van der Waals surface area contributed by atoms with Gasteiger partial charge in [-0.05, 0) is 24.1 Å². The predicted octanol–water partition coefficient (Wildman–Crippen LogP) is 1.10. The number of imidazole rings is 1. The molecule has 22 heavy (non-hydrogen) atoms. The van der Waals surface area contributed by atoms with Gasteiger partial charge in [-0.1, -0.05) is 13.0 Å². The standard InChI is InChI=1S/C15H17N3O4/c1-2-9-3-4-11(13(19)5-9)14(20)18-12(15(21)22)6-10-7-16-8-17-10/h3-5,7-8,12,19H,2,6H2,1H3,(H,16,17)(H,18,20)(H,21,22)/t12-/m1/s1. The van der Waals surface area contributed by atoms with Crippen molar-refractivity contribution in [1.29, 1.82) is 0 Å². The van der Waals surface area contributed by atoms with Crippen LogP contribution in [0.5, 0.6) is 5.75 Å². The number of aromatic hydroxyl groups is 1. The molecule has 2 rings (SSSR count). The van der Waals surface area contributed by atoms with Crippen LogP contribution >= 0.6 is 0 Å². The van der Waals surface area contributed by atoms with Crippen LogP contribution < -0.4 is 5.32 Å². The van der Waals surface area contributed by atoms with E-state index in [2.05, 4.69) is 15.3 Å². The number of carbonyl (C=O) groups excluding carboxylic acids is 1. The Bertz CT molecular complexity index is 667. The minimum Gasteiger partial charge on any atom is -0.507 e. The van der Waals surface area contributed by atoms with E-state index in [-0.39, 0.29) is 17.7 Å². The maximum Gasteiger partial charge on any atom is 0.326 e. The Kier molecular flexibility index (Phi) is 4.77. The van der Waals surface area contributed by atoms with Gasteiger partial charge >= 0.3 is 5.97 Å². The predicted molar refractivity (Wildman–Crippen MR) is 78.7 cm³/mol. The lowest BCUT2D eigenvalue weighted by Gasteiger charge is -2.14. The number of carboxylic acids is 1. The highest BCUT2D eigenvalue weighted by Gasteiger charge is 2.23. The third-order valence-electron chi connectivity index (χ3n) is 3.30. The van der Waals surface area contributed by atoms with E-state index < -0.39 is 17.9 Å². The minimum absolute atomic E-state index is 0.0491. The second-order valence-electron chi connectivity index (χ2n) is 4.85. The zero-order valence-corrected chi connectivity index (χ0v) is 12.0. The van der Waals surface area contributed by atoms with E-state index in [9.17, 15) is 19.8 Å². The first-order chi connectivity index (χ1) is 10.5. The lowest BCUT2D eigenvalue weighted by molar-refractivity contribution is -0.139. The van der Waals surface area contributed by atoms with E-state index in [4.69, 9.17) is 0 Å². The fourth-order valence-corrected chi connectivity index (χ4v) is 2.04. The van der Waals surface area contributed by atoms with Crippen LogP contribution in [0.25, 0.3) is 0 Å². The molecule has 1 aromatic heterocycles. The number of phenols is 1. The summed E-state index contributed by atoms with van der Waals surface area (Å²) in [5.41, 5.74) is 1.53. The summed E-state index contributed by atoms with van der Waals surface area (Å²) in [6.45, 7) is 1.93. The summed E-state index contributed by atoms with van der Waals surface area (Å²) in [6, 6.07) is 3.59. The first-order valence-electron chi connectivity index (χ1n) is 6.84. The molecule has 0 aliphatic carbocycles. The number of aromatic amines is 1. The number of hydrogen-bond acceptors (Lipinski definition) is 4. The number of rotatable bonds is 6. The Morgan fingerprint density at radius 2 is 2.18 bits per heavy atom. The van der Waals surface area contributed by atoms with E-state index >= 15 is 0 Å². The first-order valence-corrected chi connectivity index (χ1v) is 6.84. The number of nitrogens with zero attached hydrogens (tertiary/aromatic N) is 1. The zero-order valence-electron chi connectivity index (χ0n) is 12.0. The van der Waals surface area contributed by atoms with Crippen LogP contribution in [0.3, 0.4) is 0 Å². The number of benzene rings is 1. The highest BCUT2D eigenvalue weighted by molar-refractivity contribution is 5.98. The number of carboxylic acid groups (broad SMARTS) is 1. The topological polar surface area (TPSA) is 115 Å². The van der Waals surface area contributed by atoms with Gasteiger partial charge in [0.05, 0.1) is 11.9 Å². The Morgan fingerprint density at radius 3 is 2.73 bits per heavy atom. The molecule has 0 aliphatic heterocycles. The maximum atomic E-state index is 12.1. The third-order valence-corrected chi connectivity index (χ3v) is 3.30. The second-order valence-corrected chi connectivity index (χ2v) is 4.85. The molecule has 7 heteroatoms. The van der Waals surface area contributed by atoms with Gasteiger partial charge in [0.15, 0.2) is 0 Å². The first kappa shape index (κ1) is 15.6. The van der Waals surface area contributed by atoms with Crippen molar-refractivity contribution in [2.45, 2.75) is 25.8 Å². The summed E-state index contributed by atoms with van der Waals surface area (Å²) in [7, 11) is 0. The van der Waals surface area contributed by atoms with Crippen molar-refractivity contribution < 1.29 is 19.8 Å². The molecule has 0 bridgehead atoms. The van der Waals surface area contributed by atoms with E-state index in [1.165, 1.54) is 24.7 Å². The molecule has 1 aromatic carbocycles. The van der Waals surface area contributed by atoms with Crippen molar-refractivity contribution in [1.82, 2.24) is 15.3 Å². The average molecular weight is 303 g/mol. The lowest BCUT2D eigenvalue weighted by Crippen LogP contribution is -2.42. The summed E-state index contributed by atoms with van der Waals surface area (Å²) in [4.78, 5) is 30.0. The van der Waals surface area contributed by atoms with Crippen LogP contribution in [-0.4, -0.2) is 38.1 Å². The minimum atomic E-state index is -1.16. The molecule has 1 atom stereocenters. The van der Waals surface area contributed by atoms with Crippen molar-refractivity contribution in [3.63, 3.8) is 0 Å². The van der Waals surface area contributed by atoms with E-state index in [1.54, 1.807) is 6.07 Å². The summed E-state index contributed by atoms with van der Waals surface area (Å²) < 4.78 is 0. The molecule has 0 unspecified atom stereocenters. The van der Waals surface area contributed by atoms with Gasteiger partial charge in [-0.15, -0.1) is 0 Å². The third kappa shape index (κ3) is 3.63. The maximum absolute atomic E-state index is 12.1. The van der Waals surface area contributed by atoms with Gasteiger partial charge in [0, 0.05) is 18.3 Å². The van der Waals surface area contributed by atoms with Gasteiger partial charge in [0.2, 0.25) is 0 Å². The van der Waals surface area contributed by atoms with Crippen molar-refractivity contribution in [3.8, 4) is 5.75 Å². The van der Waals surface area contributed by atoms with Crippen LogP contribution in [-0.2, 0) is 17.6 Å². The molecule has 1 heterocycles. The summed E-state index contributed by atoms with van der Waals surface area (Å²) in [6.07, 6.45) is 3.74. The smallest absolute Gasteiger partial charge is 0.326 e. The molecule has 2 aromatic rings. The molecular formula is C15H17N3O4. The summed E-state index contributed by atoms with van der Waals surface area (Å²) in [5, 5.41) is 21.5. The monoisotopic (exact) mass is 303 g/mol. The van der Waals surface area contributed by atoms with Crippen LogP contribution in [0.15, 0.2) is 30.7 Å². The van der Waals surface area contributed by atoms with Gasteiger partial charge in [-0.3, -0.25) is 4.79 Å². The highest BCUT2D eigenvalue weighted by Crippen LogP contribution is 2.19. The quantitative estimate of drug-likeness (QED) is 0.638. The Hall–Kier alpha value is -2.83. The number of amides is 1. The highest BCUT2D eigenvalue weighted by atomic mass is 16.4. The second kappa shape index (κ2) is 6.75. The van der Waals surface area contributed by atoms with Gasteiger partial charge in [-0.25, -0.2) is 9.78 Å². The number of aryl methyl sites for hydroxylation is 1. The molecular weight excluding hydrogens is 286 g/mol.